The van der Waals surface area contributed by atoms with Gasteiger partial charge >= 0.3 is 0 Å². The lowest BCUT2D eigenvalue weighted by atomic mass is 10.1. The fourth-order valence-electron chi connectivity index (χ4n) is 1.90. The average Bonchev–Trinajstić information content (AvgIpc) is 2.00. The van der Waals surface area contributed by atoms with Crippen LogP contribution in [-0.4, -0.2) is 29.9 Å². The molecule has 1 fully saturated rings. The van der Waals surface area contributed by atoms with Crippen molar-refractivity contribution >= 4 is 5.91 Å². The van der Waals surface area contributed by atoms with E-state index in [4.69, 9.17) is 5.73 Å². The summed E-state index contributed by atoms with van der Waals surface area (Å²) in [7, 11) is 0. The summed E-state index contributed by atoms with van der Waals surface area (Å²) in [6.45, 7) is 3.76. The van der Waals surface area contributed by atoms with Crippen LogP contribution >= 0.6 is 0 Å². The van der Waals surface area contributed by atoms with Crippen molar-refractivity contribution in [2.45, 2.75) is 51.5 Å². The first-order chi connectivity index (χ1) is 6.70. The van der Waals surface area contributed by atoms with Crippen molar-refractivity contribution in [2.75, 3.05) is 13.1 Å². The monoisotopic (exact) mass is 198 g/mol. The molecule has 1 aliphatic heterocycles. The summed E-state index contributed by atoms with van der Waals surface area (Å²) in [5.41, 5.74) is 5.62. The largest absolute Gasteiger partial charge is 0.343 e. The molecule has 0 bridgehead atoms. The number of hydrogen-bond acceptors (Lipinski definition) is 2. The highest BCUT2D eigenvalue weighted by molar-refractivity contribution is 5.76. The summed E-state index contributed by atoms with van der Waals surface area (Å²) in [5.74, 6) is 0.238. The number of carbonyl (C=O) groups excluding carboxylic acids is 1. The normalized spacial score (nSPS) is 21.1. The molecule has 82 valence electrons. The topological polar surface area (TPSA) is 46.3 Å². The maximum atomic E-state index is 11.7. The predicted octanol–water partition coefficient (Wildman–Crippen LogP) is 1.52. The quantitative estimate of drug-likeness (QED) is 0.731. The van der Waals surface area contributed by atoms with Crippen molar-refractivity contribution in [3.63, 3.8) is 0 Å². The average molecular weight is 198 g/mol. The molecule has 0 aliphatic carbocycles. The molecule has 1 amide bonds. The lowest BCUT2D eigenvalue weighted by Gasteiger charge is -2.25. The van der Waals surface area contributed by atoms with E-state index < -0.39 is 0 Å². The molecule has 0 radical (unpaired) electrons. The Morgan fingerprint density at radius 1 is 1.21 bits per heavy atom. The van der Waals surface area contributed by atoms with Crippen LogP contribution in [-0.2, 0) is 4.79 Å². The smallest absolute Gasteiger partial charge is 0.224 e. The molecule has 1 heterocycles. The molecule has 1 rings (SSSR count). The molecular weight excluding hydrogens is 176 g/mol. The summed E-state index contributed by atoms with van der Waals surface area (Å²) in [4.78, 5) is 13.7. The first-order valence-corrected chi connectivity index (χ1v) is 5.73. The van der Waals surface area contributed by atoms with Gasteiger partial charge in [0, 0.05) is 25.6 Å². The Morgan fingerprint density at radius 3 is 2.21 bits per heavy atom. The lowest BCUT2D eigenvalue weighted by Crippen LogP contribution is -2.36. The molecule has 3 nitrogen and oxygen atoms in total. The molecule has 1 unspecified atom stereocenters. The Kier molecular flexibility index (Phi) is 4.94. The second kappa shape index (κ2) is 6.02. The minimum atomic E-state index is -0.00654. The number of amides is 1. The van der Waals surface area contributed by atoms with Crippen molar-refractivity contribution in [3.05, 3.63) is 0 Å². The zero-order chi connectivity index (χ0) is 10.4. The fraction of sp³-hybridized carbons (Fsp3) is 0.909. The molecule has 14 heavy (non-hydrogen) atoms. The Balaban J connectivity index is 2.35. The Bertz CT molecular complexity index is 172. The van der Waals surface area contributed by atoms with E-state index in [1.54, 1.807) is 0 Å². The van der Waals surface area contributed by atoms with Crippen LogP contribution in [0.15, 0.2) is 0 Å². The van der Waals surface area contributed by atoms with Gasteiger partial charge in [0.1, 0.15) is 0 Å². The van der Waals surface area contributed by atoms with E-state index in [1.165, 1.54) is 19.3 Å². The molecule has 1 saturated heterocycles. The predicted molar refractivity (Wildman–Crippen MR) is 57.9 cm³/mol. The van der Waals surface area contributed by atoms with Crippen LogP contribution in [0.2, 0.25) is 0 Å². The van der Waals surface area contributed by atoms with Crippen LogP contribution in [0.4, 0.5) is 0 Å². The number of hydrogen-bond donors (Lipinski definition) is 1. The standard InChI is InChI=1S/C11H22N2O/c1-10(12)9-11(14)13-7-5-3-2-4-6-8-13/h10H,2-9,12H2,1H3. The number of carbonyl (C=O) groups is 1. The summed E-state index contributed by atoms with van der Waals surface area (Å²) in [5, 5.41) is 0. The number of nitrogens with zero attached hydrogens (tertiary/aromatic N) is 1. The van der Waals surface area contributed by atoms with E-state index in [0.717, 1.165) is 25.9 Å². The van der Waals surface area contributed by atoms with E-state index in [9.17, 15) is 4.79 Å². The van der Waals surface area contributed by atoms with Crippen LogP contribution in [0.1, 0.15) is 45.4 Å². The van der Waals surface area contributed by atoms with Gasteiger partial charge < -0.3 is 10.6 Å². The van der Waals surface area contributed by atoms with E-state index in [0.29, 0.717) is 6.42 Å². The molecule has 1 aliphatic rings. The van der Waals surface area contributed by atoms with E-state index in [-0.39, 0.29) is 11.9 Å². The number of rotatable bonds is 2. The minimum Gasteiger partial charge on any atom is -0.343 e. The van der Waals surface area contributed by atoms with Gasteiger partial charge in [0.25, 0.3) is 0 Å². The lowest BCUT2D eigenvalue weighted by molar-refractivity contribution is -0.131. The van der Waals surface area contributed by atoms with Crippen molar-refractivity contribution in [1.29, 1.82) is 0 Å². The molecule has 2 N–H and O–H groups in total. The number of nitrogens with two attached hydrogens (primary N) is 1. The SMILES string of the molecule is CC(N)CC(=O)N1CCCCCCC1. The van der Waals surface area contributed by atoms with Gasteiger partial charge in [0.2, 0.25) is 5.91 Å². The van der Waals surface area contributed by atoms with Crippen molar-refractivity contribution in [2.24, 2.45) is 5.73 Å². The van der Waals surface area contributed by atoms with Crippen LogP contribution in [0.3, 0.4) is 0 Å². The maximum Gasteiger partial charge on any atom is 0.224 e. The van der Waals surface area contributed by atoms with Crippen LogP contribution in [0.25, 0.3) is 0 Å². The first kappa shape index (κ1) is 11.5. The molecular formula is C11H22N2O. The second-order valence-electron chi connectivity index (χ2n) is 4.33. The molecule has 1 atom stereocenters. The second-order valence-corrected chi connectivity index (χ2v) is 4.33. The minimum absolute atomic E-state index is 0.00654. The van der Waals surface area contributed by atoms with Gasteiger partial charge in [-0.2, -0.15) is 0 Å². The third-order valence-corrected chi connectivity index (χ3v) is 2.71. The van der Waals surface area contributed by atoms with E-state index in [2.05, 4.69) is 0 Å². The zero-order valence-electron chi connectivity index (χ0n) is 9.17. The van der Waals surface area contributed by atoms with Gasteiger partial charge in [-0.25, -0.2) is 0 Å². The highest BCUT2D eigenvalue weighted by Crippen LogP contribution is 2.11. The summed E-state index contributed by atoms with van der Waals surface area (Å²) in [6, 6.07) is -0.00654. The maximum absolute atomic E-state index is 11.7. The molecule has 0 aromatic rings. The highest BCUT2D eigenvalue weighted by atomic mass is 16.2. The molecule has 0 aromatic carbocycles. The Labute approximate surface area is 86.6 Å². The van der Waals surface area contributed by atoms with Gasteiger partial charge in [0.05, 0.1) is 0 Å². The molecule has 0 spiro atoms. The van der Waals surface area contributed by atoms with Crippen molar-refractivity contribution < 1.29 is 4.79 Å². The van der Waals surface area contributed by atoms with E-state index >= 15 is 0 Å². The highest BCUT2D eigenvalue weighted by Gasteiger charge is 2.15. The van der Waals surface area contributed by atoms with Crippen LogP contribution in [0.5, 0.6) is 0 Å². The summed E-state index contributed by atoms with van der Waals surface area (Å²) >= 11 is 0. The third-order valence-electron chi connectivity index (χ3n) is 2.71. The summed E-state index contributed by atoms with van der Waals surface area (Å²) in [6.07, 6.45) is 6.68. The zero-order valence-corrected chi connectivity index (χ0v) is 9.17. The molecule has 0 aromatic heterocycles. The van der Waals surface area contributed by atoms with E-state index in [1.807, 2.05) is 11.8 Å². The van der Waals surface area contributed by atoms with Gasteiger partial charge in [-0.3, -0.25) is 4.79 Å². The first-order valence-electron chi connectivity index (χ1n) is 5.73. The summed E-state index contributed by atoms with van der Waals surface area (Å²) < 4.78 is 0. The Morgan fingerprint density at radius 2 is 1.71 bits per heavy atom. The van der Waals surface area contributed by atoms with Gasteiger partial charge in [-0.1, -0.05) is 19.3 Å². The van der Waals surface area contributed by atoms with Crippen molar-refractivity contribution in [3.8, 4) is 0 Å². The van der Waals surface area contributed by atoms with Crippen molar-refractivity contribution in [1.82, 2.24) is 4.90 Å². The Hall–Kier alpha value is -0.570. The van der Waals surface area contributed by atoms with Gasteiger partial charge in [0.15, 0.2) is 0 Å². The van der Waals surface area contributed by atoms with Gasteiger partial charge in [-0.15, -0.1) is 0 Å². The van der Waals surface area contributed by atoms with Gasteiger partial charge in [-0.05, 0) is 19.8 Å². The van der Waals surface area contributed by atoms with Crippen LogP contribution < -0.4 is 5.73 Å². The fourth-order valence-corrected chi connectivity index (χ4v) is 1.90. The third kappa shape index (κ3) is 4.09. The molecule has 0 saturated carbocycles. The molecule has 3 heteroatoms. The van der Waals surface area contributed by atoms with Crippen LogP contribution in [0, 0.1) is 0 Å². The number of likely N-dealkylation sites (tertiary alicyclic amines) is 1.